The summed E-state index contributed by atoms with van der Waals surface area (Å²) >= 11 is 1.80. The van der Waals surface area contributed by atoms with Crippen molar-refractivity contribution in [2.45, 2.75) is 32.7 Å². The van der Waals surface area contributed by atoms with Crippen molar-refractivity contribution in [3.63, 3.8) is 0 Å². The maximum Gasteiger partial charge on any atom is 0.116 e. The molecule has 4 aromatic rings. The molecule has 148 valence electrons. The Bertz CT molecular complexity index is 1070. The second-order valence-electron chi connectivity index (χ2n) is 6.81. The average Bonchev–Trinajstić information content (AvgIpc) is 3.22. The van der Waals surface area contributed by atoms with Crippen molar-refractivity contribution in [3.05, 3.63) is 77.7 Å². The van der Waals surface area contributed by atoms with Crippen LogP contribution in [0.2, 0.25) is 0 Å². The van der Waals surface area contributed by atoms with Crippen LogP contribution in [0.1, 0.15) is 25.1 Å². The van der Waals surface area contributed by atoms with E-state index in [-0.39, 0.29) is 6.04 Å². The van der Waals surface area contributed by atoms with E-state index >= 15 is 0 Å². The number of aromatic nitrogens is 1. The van der Waals surface area contributed by atoms with Crippen LogP contribution in [-0.4, -0.2) is 17.3 Å². The molecule has 2 aromatic heterocycles. The first kappa shape index (κ1) is 20.9. The third kappa shape index (κ3) is 5.17. The molecule has 2 heterocycles. The van der Waals surface area contributed by atoms with Crippen molar-refractivity contribution in [2.24, 2.45) is 5.73 Å². The number of hydrogen-bond donors (Lipinski definition) is 1. The SMILES string of the molecule is CC=O.CCC(N)Cc1ccc(-c2cc(-c3ccccc3)c3ccccc3n2)s1. The Morgan fingerprint density at radius 1 is 1.03 bits per heavy atom. The standard InChI is InChI=1S/C23H22N2S.C2H4O/c1-2-17(24)14-18-12-13-23(26-18)22-15-20(16-8-4-3-5-9-16)19-10-6-7-11-21(19)25-22;1-2-3/h3-13,15,17H,2,14,24H2,1H3;2H,1H3. The molecule has 1 atom stereocenters. The van der Waals surface area contributed by atoms with Crippen molar-refractivity contribution in [1.29, 1.82) is 0 Å². The minimum atomic E-state index is 0.228. The lowest BCUT2D eigenvalue weighted by Gasteiger charge is -2.09. The maximum absolute atomic E-state index is 8.81. The summed E-state index contributed by atoms with van der Waals surface area (Å²) in [5.74, 6) is 0. The minimum Gasteiger partial charge on any atom is -0.327 e. The van der Waals surface area contributed by atoms with Crippen LogP contribution < -0.4 is 5.73 Å². The number of pyridine rings is 1. The molecular weight excluding hydrogens is 376 g/mol. The molecule has 1 unspecified atom stereocenters. The van der Waals surface area contributed by atoms with Gasteiger partial charge in [0.15, 0.2) is 0 Å². The number of aldehydes is 1. The zero-order valence-corrected chi connectivity index (χ0v) is 17.7. The Balaban J connectivity index is 0.000000755. The fourth-order valence-electron chi connectivity index (χ4n) is 3.19. The van der Waals surface area contributed by atoms with Crippen LogP contribution in [0.15, 0.2) is 72.8 Å². The first-order chi connectivity index (χ1) is 14.2. The maximum atomic E-state index is 8.81. The van der Waals surface area contributed by atoms with Gasteiger partial charge in [0.1, 0.15) is 6.29 Å². The molecule has 0 saturated carbocycles. The Labute approximate surface area is 176 Å². The lowest BCUT2D eigenvalue weighted by atomic mass is 10.00. The highest BCUT2D eigenvalue weighted by Gasteiger charge is 2.12. The highest BCUT2D eigenvalue weighted by Crippen LogP contribution is 2.34. The normalized spacial score (nSPS) is 11.6. The number of fused-ring (bicyclic) bond motifs is 1. The van der Waals surface area contributed by atoms with Crippen molar-refractivity contribution in [3.8, 4) is 21.7 Å². The summed E-state index contributed by atoms with van der Waals surface area (Å²) in [4.78, 5) is 16.3. The minimum absolute atomic E-state index is 0.228. The molecule has 0 amide bonds. The van der Waals surface area contributed by atoms with Gasteiger partial charge in [-0.2, -0.15) is 0 Å². The predicted octanol–water partition coefficient (Wildman–Crippen LogP) is 6.12. The van der Waals surface area contributed by atoms with Gasteiger partial charge < -0.3 is 10.5 Å². The summed E-state index contributed by atoms with van der Waals surface area (Å²) in [6.07, 6.45) is 2.68. The zero-order chi connectivity index (χ0) is 20.6. The van der Waals surface area contributed by atoms with Crippen LogP contribution >= 0.6 is 11.3 Å². The van der Waals surface area contributed by atoms with Gasteiger partial charge in [0.25, 0.3) is 0 Å². The zero-order valence-electron chi connectivity index (χ0n) is 16.8. The van der Waals surface area contributed by atoms with Crippen LogP contribution in [0.4, 0.5) is 0 Å². The van der Waals surface area contributed by atoms with E-state index in [9.17, 15) is 0 Å². The smallest absolute Gasteiger partial charge is 0.116 e. The Morgan fingerprint density at radius 2 is 1.72 bits per heavy atom. The largest absolute Gasteiger partial charge is 0.327 e. The Morgan fingerprint density at radius 3 is 2.45 bits per heavy atom. The number of rotatable bonds is 5. The number of thiophene rings is 1. The molecule has 2 aromatic carbocycles. The summed E-state index contributed by atoms with van der Waals surface area (Å²) in [6.45, 7) is 3.58. The lowest BCUT2D eigenvalue weighted by molar-refractivity contribution is -0.106. The number of hydrogen-bond acceptors (Lipinski definition) is 4. The monoisotopic (exact) mass is 402 g/mol. The van der Waals surface area contributed by atoms with Gasteiger partial charge in [-0.05, 0) is 55.2 Å². The fourth-order valence-corrected chi connectivity index (χ4v) is 4.25. The van der Waals surface area contributed by atoms with Crippen LogP contribution in [0, 0.1) is 0 Å². The third-order valence-electron chi connectivity index (χ3n) is 4.70. The highest BCUT2D eigenvalue weighted by atomic mass is 32.1. The van der Waals surface area contributed by atoms with Crippen molar-refractivity contribution in [1.82, 2.24) is 4.98 Å². The van der Waals surface area contributed by atoms with E-state index in [0.717, 1.165) is 30.3 Å². The van der Waals surface area contributed by atoms with Gasteiger partial charge in [-0.25, -0.2) is 4.98 Å². The molecule has 0 fully saturated rings. The molecule has 0 aliphatic carbocycles. The average molecular weight is 403 g/mol. The topological polar surface area (TPSA) is 56.0 Å². The number of carbonyl (C=O) groups is 1. The second-order valence-corrected chi connectivity index (χ2v) is 7.98. The molecule has 2 N–H and O–H groups in total. The molecule has 0 spiro atoms. The number of nitrogens with zero attached hydrogens (tertiary/aromatic N) is 1. The number of benzene rings is 2. The highest BCUT2D eigenvalue weighted by molar-refractivity contribution is 7.15. The summed E-state index contributed by atoms with van der Waals surface area (Å²) in [5.41, 5.74) is 10.6. The third-order valence-corrected chi connectivity index (χ3v) is 5.83. The van der Waals surface area contributed by atoms with Crippen molar-refractivity contribution in [2.75, 3.05) is 0 Å². The number of carbonyl (C=O) groups excluding carboxylic acids is 1. The van der Waals surface area contributed by atoms with E-state index in [1.165, 1.54) is 33.2 Å². The van der Waals surface area contributed by atoms with E-state index in [0.29, 0.717) is 0 Å². The first-order valence-electron chi connectivity index (χ1n) is 9.86. The van der Waals surface area contributed by atoms with Gasteiger partial charge >= 0.3 is 0 Å². The molecule has 4 rings (SSSR count). The van der Waals surface area contributed by atoms with Gasteiger partial charge in [-0.3, -0.25) is 0 Å². The van der Waals surface area contributed by atoms with Crippen LogP contribution in [0.25, 0.3) is 32.6 Å². The molecule has 29 heavy (non-hydrogen) atoms. The summed E-state index contributed by atoms with van der Waals surface area (Å²) in [7, 11) is 0. The second kappa shape index (κ2) is 10.1. The molecule has 4 heteroatoms. The quantitative estimate of drug-likeness (QED) is 0.409. The number of para-hydroxylation sites is 1. The van der Waals surface area contributed by atoms with Gasteiger partial charge in [0.2, 0.25) is 0 Å². The van der Waals surface area contributed by atoms with E-state index in [4.69, 9.17) is 15.5 Å². The summed E-state index contributed by atoms with van der Waals surface area (Å²) < 4.78 is 0. The van der Waals surface area contributed by atoms with Crippen LogP contribution in [0.3, 0.4) is 0 Å². The predicted molar refractivity (Wildman–Crippen MR) is 124 cm³/mol. The lowest BCUT2D eigenvalue weighted by Crippen LogP contribution is -2.20. The van der Waals surface area contributed by atoms with Crippen LogP contribution in [-0.2, 0) is 11.2 Å². The van der Waals surface area contributed by atoms with E-state index in [1.807, 2.05) is 6.07 Å². The molecule has 0 bridgehead atoms. The Hall–Kier alpha value is -2.82. The Kier molecular flexibility index (Phi) is 7.28. The van der Waals surface area contributed by atoms with Crippen molar-refractivity contribution < 1.29 is 4.79 Å². The summed E-state index contributed by atoms with van der Waals surface area (Å²) in [6, 6.07) is 25.7. The van der Waals surface area contributed by atoms with Gasteiger partial charge in [0, 0.05) is 16.3 Å². The molecule has 0 aliphatic heterocycles. The number of nitrogens with two attached hydrogens (primary N) is 1. The van der Waals surface area contributed by atoms with E-state index in [2.05, 4.69) is 73.7 Å². The van der Waals surface area contributed by atoms with Gasteiger partial charge in [-0.15, -0.1) is 11.3 Å². The van der Waals surface area contributed by atoms with Gasteiger partial charge in [-0.1, -0.05) is 55.5 Å². The molecule has 0 saturated heterocycles. The summed E-state index contributed by atoms with van der Waals surface area (Å²) in [5, 5.41) is 1.19. The van der Waals surface area contributed by atoms with Crippen molar-refractivity contribution >= 4 is 28.5 Å². The molecular formula is C25H26N2OS. The molecule has 0 aliphatic rings. The van der Waals surface area contributed by atoms with Crippen LogP contribution in [0.5, 0.6) is 0 Å². The molecule has 0 radical (unpaired) electrons. The van der Waals surface area contributed by atoms with E-state index in [1.54, 1.807) is 11.3 Å². The first-order valence-corrected chi connectivity index (χ1v) is 10.7. The molecule has 3 nitrogen and oxygen atoms in total. The van der Waals surface area contributed by atoms with Gasteiger partial charge in [0.05, 0.1) is 16.1 Å². The van der Waals surface area contributed by atoms with E-state index < -0.39 is 0 Å². The fraction of sp³-hybridized carbons (Fsp3) is 0.200.